The van der Waals surface area contributed by atoms with Crippen LogP contribution in [0.25, 0.3) is 17.0 Å². The van der Waals surface area contributed by atoms with Crippen LogP contribution in [0.1, 0.15) is 21.6 Å². The molecule has 2 aromatic carbocycles. The number of aromatic amines is 1. The van der Waals surface area contributed by atoms with Crippen LogP contribution in [0.15, 0.2) is 42.2 Å². The van der Waals surface area contributed by atoms with E-state index in [1.54, 1.807) is 30.3 Å². The summed E-state index contributed by atoms with van der Waals surface area (Å²) in [6.45, 7) is 1.84. The summed E-state index contributed by atoms with van der Waals surface area (Å²) in [5.74, 6) is 0.762. The molecule has 0 aliphatic carbocycles. The average Bonchev–Trinajstić information content (AvgIpc) is 3.12. The molecule has 3 aromatic rings. The Hall–Kier alpha value is -3.61. The highest BCUT2D eigenvalue weighted by Gasteiger charge is 2.30. The van der Waals surface area contributed by atoms with Crippen LogP contribution in [-0.4, -0.2) is 22.8 Å². The van der Waals surface area contributed by atoms with Gasteiger partial charge in [-0.2, -0.15) is 0 Å². The molecule has 1 aromatic heterocycles. The second kappa shape index (κ2) is 5.73. The summed E-state index contributed by atoms with van der Waals surface area (Å²) in [6.07, 6.45) is 1.61. The number of non-ortho nitro benzene ring substituents is 1. The maximum atomic E-state index is 12.6. The van der Waals surface area contributed by atoms with Gasteiger partial charge in [-0.25, -0.2) is 0 Å². The Labute approximate surface area is 148 Å². The second-order valence-electron chi connectivity index (χ2n) is 5.93. The van der Waals surface area contributed by atoms with Gasteiger partial charge in [-0.05, 0) is 31.2 Å². The van der Waals surface area contributed by atoms with Crippen molar-refractivity contribution in [2.24, 2.45) is 0 Å². The molecule has 7 heteroatoms. The third kappa shape index (κ3) is 2.33. The van der Waals surface area contributed by atoms with Crippen molar-refractivity contribution in [3.05, 3.63) is 69.1 Å². The van der Waals surface area contributed by atoms with Crippen LogP contribution in [-0.2, 0) is 0 Å². The lowest BCUT2D eigenvalue weighted by atomic mass is 10.1. The molecule has 0 radical (unpaired) electrons. The third-order valence-electron chi connectivity index (χ3n) is 4.39. The fourth-order valence-corrected chi connectivity index (χ4v) is 3.11. The number of para-hydroxylation sites is 1. The van der Waals surface area contributed by atoms with Gasteiger partial charge in [0.25, 0.3) is 5.69 Å². The number of nitrogens with zero attached hydrogens (tertiary/aromatic N) is 1. The lowest BCUT2D eigenvalue weighted by Crippen LogP contribution is -1.98. The van der Waals surface area contributed by atoms with Gasteiger partial charge in [0.15, 0.2) is 17.3 Å². The number of nitrogens with one attached hydrogen (secondary N) is 1. The summed E-state index contributed by atoms with van der Waals surface area (Å²) in [6, 6.07) is 9.69. The monoisotopic (exact) mass is 350 g/mol. The van der Waals surface area contributed by atoms with Gasteiger partial charge in [-0.3, -0.25) is 14.9 Å². The van der Waals surface area contributed by atoms with Crippen LogP contribution >= 0.6 is 0 Å². The maximum Gasteiger partial charge on any atom is 0.270 e. The summed E-state index contributed by atoms with van der Waals surface area (Å²) in [5, 5.41) is 11.7. The number of methoxy groups -OCH3 is 1. The van der Waals surface area contributed by atoms with E-state index < -0.39 is 4.92 Å². The van der Waals surface area contributed by atoms with Gasteiger partial charge in [0, 0.05) is 34.3 Å². The molecular weight excluding hydrogens is 336 g/mol. The Morgan fingerprint density at radius 2 is 2.08 bits per heavy atom. The molecule has 4 rings (SSSR count). The minimum absolute atomic E-state index is 0.0141. The number of Topliss-reactive ketones (excluding diaryl/α,β-unsaturated/α-hetero) is 1. The van der Waals surface area contributed by atoms with E-state index in [2.05, 4.69) is 4.98 Å². The second-order valence-corrected chi connectivity index (χ2v) is 5.93. The van der Waals surface area contributed by atoms with E-state index in [1.165, 1.54) is 19.2 Å². The van der Waals surface area contributed by atoms with E-state index in [-0.39, 0.29) is 17.2 Å². The molecule has 0 saturated carbocycles. The highest BCUT2D eigenvalue weighted by Crippen LogP contribution is 2.40. The van der Waals surface area contributed by atoms with Gasteiger partial charge < -0.3 is 14.5 Å². The molecule has 0 fully saturated rings. The predicted molar refractivity (Wildman–Crippen MR) is 95.6 cm³/mol. The number of rotatable bonds is 3. The Kier molecular flexibility index (Phi) is 3.50. The number of hydrogen-bond donors (Lipinski definition) is 1. The fourth-order valence-electron chi connectivity index (χ4n) is 3.11. The molecule has 0 atom stereocenters. The van der Waals surface area contributed by atoms with E-state index in [9.17, 15) is 14.9 Å². The molecule has 1 N–H and O–H groups in total. The first-order chi connectivity index (χ1) is 12.5. The van der Waals surface area contributed by atoms with Crippen molar-refractivity contribution < 1.29 is 19.2 Å². The van der Waals surface area contributed by atoms with Gasteiger partial charge >= 0.3 is 0 Å². The molecule has 130 valence electrons. The minimum atomic E-state index is -0.448. The molecule has 1 aliphatic rings. The summed E-state index contributed by atoms with van der Waals surface area (Å²) in [4.78, 5) is 26.4. The van der Waals surface area contributed by atoms with Gasteiger partial charge in [-0.1, -0.05) is 6.07 Å². The number of nitro benzene ring substituents is 1. The topological polar surface area (TPSA) is 94.5 Å². The zero-order valence-corrected chi connectivity index (χ0v) is 14.0. The number of fused-ring (bicyclic) bond motifs is 2. The molecule has 1 aliphatic heterocycles. The summed E-state index contributed by atoms with van der Waals surface area (Å²) < 4.78 is 11.0. The number of ketones is 1. The number of carbonyl (C=O) groups excluding carboxylic acids is 1. The Morgan fingerprint density at radius 1 is 1.27 bits per heavy atom. The zero-order chi connectivity index (χ0) is 18.4. The third-order valence-corrected chi connectivity index (χ3v) is 4.39. The molecule has 7 nitrogen and oxygen atoms in total. The molecule has 0 unspecified atom stereocenters. The maximum absolute atomic E-state index is 12.6. The Morgan fingerprint density at radius 3 is 2.81 bits per heavy atom. The lowest BCUT2D eigenvalue weighted by Gasteiger charge is -2.04. The largest absolute Gasteiger partial charge is 0.493 e. The van der Waals surface area contributed by atoms with Crippen molar-refractivity contribution in [1.29, 1.82) is 0 Å². The van der Waals surface area contributed by atoms with Crippen molar-refractivity contribution in [1.82, 2.24) is 4.98 Å². The van der Waals surface area contributed by atoms with Gasteiger partial charge in [-0.15, -0.1) is 0 Å². The number of benzene rings is 2. The van der Waals surface area contributed by atoms with Crippen molar-refractivity contribution >= 4 is 28.4 Å². The summed E-state index contributed by atoms with van der Waals surface area (Å²) in [5.41, 5.74) is 2.63. The number of aromatic nitrogens is 1. The van der Waals surface area contributed by atoms with Crippen molar-refractivity contribution in [2.45, 2.75) is 6.92 Å². The van der Waals surface area contributed by atoms with E-state index in [0.29, 0.717) is 28.0 Å². The molecule has 0 amide bonds. The van der Waals surface area contributed by atoms with Crippen LogP contribution in [0, 0.1) is 17.0 Å². The number of allylic oxidation sites excluding steroid dienone is 1. The van der Waals surface area contributed by atoms with E-state index in [1.807, 2.05) is 6.92 Å². The standard InChI is InChI=1S/C19H14N2O5/c1-10-13(14-8-11(21(23)24)6-7-15(14)20-10)9-17-18(22)12-4-3-5-16(25-2)19(12)26-17/h3-9,20H,1-2H3/b17-9-. The first-order valence-corrected chi connectivity index (χ1v) is 7.87. The normalized spacial score (nSPS) is 14.5. The van der Waals surface area contributed by atoms with Gasteiger partial charge in [0.1, 0.15) is 0 Å². The molecular formula is C19H14N2O5. The first-order valence-electron chi connectivity index (χ1n) is 7.87. The van der Waals surface area contributed by atoms with E-state index in [0.717, 1.165) is 11.2 Å². The number of carbonyl (C=O) groups is 1. The predicted octanol–water partition coefficient (Wildman–Crippen LogP) is 4.01. The van der Waals surface area contributed by atoms with E-state index in [4.69, 9.17) is 9.47 Å². The lowest BCUT2D eigenvalue weighted by molar-refractivity contribution is -0.384. The van der Waals surface area contributed by atoms with Crippen molar-refractivity contribution in [3.8, 4) is 11.5 Å². The van der Waals surface area contributed by atoms with Crippen molar-refractivity contribution in [2.75, 3.05) is 7.11 Å². The minimum Gasteiger partial charge on any atom is -0.493 e. The number of aryl methyl sites for hydroxylation is 1. The quantitative estimate of drug-likeness (QED) is 0.437. The van der Waals surface area contributed by atoms with Crippen LogP contribution in [0.3, 0.4) is 0 Å². The highest BCUT2D eigenvalue weighted by molar-refractivity contribution is 6.15. The fraction of sp³-hybridized carbons (Fsp3) is 0.105. The highest BCUT2D eigenvalue weighted by atomic mass is 16.6. The van der Waals surface area contributed by atoms with Crippen molar-refractivity contribution in [3.63, 3.8) is 0 Å². The molecule has 0 saturated heterocycles. The number of ether oxygens (including phenoxy) is 2. The van der Waals surface area contributed by atoms with Gasteiger partial charge in [0.05, 0.1) is 17.6 Å². The van der Waals surface area contributed by atoms with Crippen LogP contribution in [0.2, 0.25) is 0 Å². The Balaban J connectivity index is 1.85. The van der Waals surface area contributed by atoms with Gasteiger partial charge in [0.2, 0.25) is 5.78 Å². The zero-order valence-electron chi connectivity index (χ0n) is 14.0. The molecule has 0 spiro atoms. The SMILES string of the molecule is COc1cccc2c1O/C(=C\c1c(C)[nH]c3ccc([N+](=O)[O-])cc13)C2=O. The molecule has 0 bridgehead atoms. The van der Waals surface area contributed by atoms with Crippen LogP contribution < -0.4 is 9.47 Å². The summed E-state index contributed by atoms with van der Waals surface area (Å²) in [7, 11) is 1.51. The number of hydrogen-bond acceptors (Lipinski definition) is 5. The smallest absolute Gasteiger partial charge is 0.270 e. The molecule has 2 heterocycles. The van der Waals surface area contributed by atoms with Crippen LogP contribution in [0.4, 0.5) is 5.69 Å². The first kappa shape index (κ1) is 15.9. The average molecular weight is 350 g/mol. The van der Waals surface area contributed by atoms with E-state index >= 15 is 0 Å². The number of nitro groups is 1. The number of H-pyrrole nitrogens is 1. The Bertz CT molecular complexity index is 1110. The van der Waals surface area contributed by atoms with Crippen LogP contribution in [0.5, 0.6) is 11.5 Å². The molecule has 26 heavy (non-hydrogen) atoms. The summed E-state index contributed by atoms with van der Waals surface area (Å²) >= 11 is 0.